The lowest BCUT2D eigenvalue weighted by Crippen LogP contribution is -2.39. The van der Waals surface area contributed by atoms with Crippen LogP contribution in [0.2, 0.25) is 0 Å². The fourth-order valence-electron chi connectivity index (χ4n) is 3.55. The van der Waals surface area contributed by atoms with Crippen molar-refractivity contribution in [1.29, 1.82) is 0 Å². The van der Waals surface area contributed by atoms with Gasteiger partial charge in [0.2, 0.25) is 0 Å². The minimum Gasteiger partial charge on any atom is -0.491 e. The van der Waals surface area contributed by atoms with Gasteiger partial charge in [0.25, 0.3) is 5.56 Å². The summed E-state index contributed by atoms with van der Waals surface area (Å²) in [7, 11) is 1.73. The van der Waals surface area contributed by atoms with Crippen LogP contribution in [0.15, 0.2) is 35.3 Å². The number of rotatable bonds is 6. The first-order chi connectivity index (χ1) is 13.3. The average Bonchev–Trinajstić information content (AvgIpc) is 2.63. The van der Waals surface area contributed by atoms with Crippen LogP contribution in [0.1, 0.15) is 26.0 Å². The second-order valence-corrected chi connectivity index (χ2v) is 7.45. The highest BCUT2D eigenvalue weighted by Gasteiger charge is 2.16. The number of amides is 1. The molecule has 0 bridgehead atoms. The van der Waals surface area contributed by atoms with E-state index >= 15 is 0 Å². The van der Waals surface area contributed by atoms with E-state index in [4.69, 9.17) is 9.84 Å². The molecule has 0 saturated carbocycles. The normalized spacial score (nSPS) is 12.5. The number of hydrogen-bond acceptors (Lipinski definition) is 4. The zero-order valence-corrected chi connectivity index (χ0v) is 16.5. The fourth-order valence-corrected chi connectivity index (χ4v) is 3.55. The molecule has 0 aliphatic rings. The molecule has 0 saturated heterocycles. The van der Waals surface area contributed by atoms with Crippen LogP contribution in [-0.4, -0.2) is 33.4 Å². The summed E-state index contributed by atoms with van der Waals surface area (Å²) in [6.07, 6.45) is 1.32. The summed E-state index contributed by atoms with van der Waals surface area (Å²) in [6, 6.07) is 7.13. The summed E-state index contributed by atoms with van der Waals surface area (Å²) in [5.41, 5.74) is 1.36. The van der Waals surface area contributed by atoms with Crippen LogP contribution in [0.5, 0.6) is 5.75 Å². The van der Waals surface area contributed by atoms with Crippen molar-refractivity contribution >= 4 is 27.8 Å². The largest absolute Gasteiger partial charge is 0.491 e. The zero-order chi connectivity index (χ0) is 20.4. The van der Waals surface area contributed by atoms with E-state index in [1.165, 1.54) is 0 Å². The first kappa shape index (κ1) is 19.7. The van der Waals surface area contributed by atoms with Crippen molar-refractivity contribution < 1.29 is 14.6 Å². The fraction of sp³-hybridized carbons (Fsp3) is 0.381. The third kappa shape index (κ3) is 3.93. The van der Waals surface area contributed by atoms with Gasteiger partial charge in [0.15, 0.2) is 0 Å². The van der Waals surface area contributed by atoms with Crippen LogP contribution in [0.3, 0.4) is 0 Å². The van der Waals surface area contributed by atoms with Crippen LogP contribution in [0.4, 0.5) is 4.79 Å². The van der Waals surface area contributed by atoms with Gasteiger partial charge in [-0.1, -0.05) is 13.8 Å². The van der Waals surface area contributed by atoms with Crippen LogP contribution in [0.25, 0.3) is 21.7 Å². The number of carboxylic acid groups (broad SMARTS) is 1. The van der Waals surface area contributed by atoms with Gasteiger partial charge in [-0.25, -0.2) is 4.79 Å². The smallest absolute Gasteiger partial charge is 0.404 e. The SMILES string of the molecule is Cc1nccc2c1c(=O)n(C)c1cc(OCC(CC(C)C)NC(=O)O)ccc21. The molecule has 0 spiro atoms. The van der Waals surface area contributed by atoms with E-state index in [0.29, 0.717) is 29.2 Å². The van der Waals surface area contributed by atoms with Crippen molar-refractivity contribution in [1.82, 2.24) is 14.9 Å². The Morgan fingerprint density at radius 3 is 2.71 bits per heavy atom. The lowest BCUT2D eigenvalue weighted by Gasteiger charge is -2.20. The lowest BCUT2D eigenvalue weighted by atomic mass is 10.0. The number of carbonyl (C=O) groups is 1. The Morgan fingerprint density at radius 1 is 1.29 bits per heavy atom. The average molecular weight is 383 g/mol. The molecule has 148 valence electrons. The van der Waals surface area contributed by atoms with Crippen molar-refractivity contribution in [2.24, 2.45) is 13.0 Å². The second kappa shape index (κ2) is 7.88. The number of ether oxygens (including phenoxy) is 1. The van der Waals surface area contributed by atoms with E-state index in [1.807, 2.05) is 45.0 Å². The molecule has 2 heterocycles. The molecule has 3 aromatic rings. The minimum atomic E-state index is -1.06. The van der Waals surface area contributed by atoms with E-state index in [2.05, 4.69) is 10.3 Å². The van der Waals surface area contributed by atoms with Gasteiger partial charge in [0.1, 0.15) is 12.4 Å². The number of nitrogens with zero attached hydrogens (tertiary/aromatic N) is 2. The number of benzene rings is 1. The Hall–Kier alpha value is -3.09. The zero-order valence-electron chi connectivity index (χ0n) is 16.5. The maximum Gasteiger partial charge on any atom is 0.404 e. The third-order valence-corrected chi connectivity index (χ3v) is 4.81. The first-order valence-corrected chi connectivity index (χ1v) is 9.28. The summed E-state index contributed by atoms with van der Waals surface area (Å²) in [5.74, 6) is 0.926. The maximum atomic E-state index is 12.8. The monoisotopic (exact) mass is 383 g/mol. The first-order valence-electron chi connectivity index (χ1n) is 9.28. The highest BCUT2D eigenvalue weighted by Crippen LogP contribution is 2.27. The van der Waals surface area contributed by atoms with Gasteiger partial charge in [-0.05, 0) is 42.8 Å². The number of pyridine rings is 2. The standard InChI is InChI=1S/C21H25N3O4/c1-12(2)9-14(23-21(26)27)11-28-15-5-6-16-17-7-8-22-13(3)19(17)20(25)24(4)18(16)10-15/h5-8,10,12,14,23H,9,11H2,1-4H3,(H,26,27). The molecule has 0 fully saturated rings. The van der Waals surface area contributed by atoms with Crippen molar-refractivity contribution in [2.75, 3.05) is 6.61 Å². The molecule has 0 aliphatic carbocycles. The molecular weight excluding hydrogens is 358 g/mol. The summed E-state index contributed by atoms with van der Waals surface area (Å²) < 4.78 is 7.45. The molecule has 0 radical (unpaired) electrons. The van der Waals surface area contributed by atoms with Crippen LogP contribution >= 0.6 is 0 Å². The summed E-state index contributed by atoms with van der Waals surface area (Å²) >= 11 is 0. The van der Waals surface area contributed by atoms with E-state index < -0.39 is 6.09 Å². The summed E-state index contributed by atoms with van der Waals surface area (Å²) in [4.78, 5) is 28.0. The molecule has 2 aromatic heterocycles. The number of aromatic nitrogens is 2. The van der Waals surface area contributed by atoms with Gasteiger partial charge in [0, 0.05) is 24.7 Å². The molecule has 7 heteroatoms. The molecule has 7 nitrogen and oxygen atoms in total. The van der Waals surface area contributed by atoms with Crippen molar-refractivity contribution in [3.05, 3.63) is 46.5 Å². The highest BCUT2D eigenvalue weighted by molar-refractivity contribution is 6.06. The predicted molar refractivity (Wildman–Crippen MR) is 109 cm³/mol. The second-order valence-electron chi connectivity index (χ2n) is 7.45. The van der Waals surface area contributed by atoms with Crippen LogP contribution in [0, 0.1) is 12.8 Å². The van der Waals surface area contributed by atoms with Gasteiger partial charge < -0.3 is 19.7 Å². The molecule has 1 atom stereocenters. The molecular formula is C21H25N3O4. The van der Waals surface area contributed by atoms with Gasteiger partial charge >= 0.3 is 6.09 Å². The summed E-state index contributed by atoms with van der Waals surface area (Å²) in [6.45, 7) is 6.12. The Labute approximate surface area is 163 Å². The maximum absolute atomic E-state index is 12.8. The van der Waals surface area contributed by atoms with Crippen LogP contribution < -0.4 is 15.6 Å². The van der Waals surface area contributed by atoms with Crippen molar-refractivity contribution in [2.45, 2.75) is 33.2 Å². The lowest BCUT2D eigenvalue weighted by molar-refractivity contribution is 0.176. The Bertz CT molecular complexity index is 1090. The highest BCUT2D eigenvalue weighted by atomic mass is 16.5. The molecule has 28 heavy (non-hydrogen) atoms. The van der Waals surface area contributed by atoms with E-state index in [-0.39, 0.29) is 18.2 Å². The number of hydrogen-bond donors (Lipinski definition) is 2. The van der Waals surface area contributed by atoms with Gasteiger partial charge in [-0.2, -0.15) is 0 Å². The van der Waals surface area contributed by atoms with E-state index in [9.17, 15) is 9.59 Å². The summed E-state index contributed by atoms with van der Waals surface area (Å²) in [5, 5.41) is 13.9. The van der Waals surface area contributed by atoms with Gasteiger partial charge in [-0.3, -0.25) is 9.78 Å². The number of aryl methyl sites for hydroxylation is 2. The molecule has 1 aromatic carbocycles. The molecule has 3 rings (SSSR count). The van der Waals surface area contributed by atoms with Crippen molar-refractivity contribution in [3.63, 3.8) is 0 Å². The molecule has 2 N–H and O–H groups in total. The van der Waals surface area contributed by atoms with E-state index in [0.717, 1.165) is 16.3 Å². The molecule has 1 unspecified atom stereocenters. The number of fused-ring (bicyclic) bond motifs is 3. The minimum absolute atomic E-state index is 0.101. The third-order valence-electron chi connectivity index (χ3n) is 4.81. The predicted octanol–water partition coefficient (Wildman–Crippen LogP) is 3.46. The Balaban J connectivity index is 1.96. The Kier molecular flexibility index (Phi) is 5.53. The molecule has 0 aliphatic heterocycles. The molecule has 1 amide bonds. The topological polar surface area (TPSA) is 93.5 Å². The van der Waals surface area contributed by atoms with E-state index in [1.54, 1.807) is 17.8 Å². The van der Waals surface area contributed by atoms with Crippen molar-refractivity contribution in [3.8, 4) is 5.75 Å². The van der Waals surface area contributed by atoms with Gasteiger partial charge in [-0.15, -0.1) is 0 Å². The van der Waals surface area contributed by atoms with Crippen LogP contribution in [-0.2, 0) is 7.05 Å². The number of nitrogens with one attached hydrogen (secondary N) is 1. The van der Waals surface area contributed by atoms with Gasteiger partial charge in [0.05, 0.1) is 22.6 Å². The Morgan fingerprint density at radius 2 is 2.04 bits per heavy atom. The quantitative estimate of drug-likeness (QED) is 0.636.